The van der Waals surface area contributed by atoms with Gasteiger partial charge in [0.15, 0.2) is 0 Å². The molecule has 0 radical (unpaired) electrons. The highest BCUT2D eigenvalue weighted by Gasteiger charge is 2.11. The second-order valence-electron chi connectivity index (χ2n) is 2.60. The molecule has 0 aromatic carbocycles. The summed E-state index contributed by atoms with van der Waals surface area (Å²) in [5.41, 5.74) is 1.11. The average molecular weight is 229 g/mol. The standard InChI is InChI=1S/C8H9BrN2O/c9-7-1-2-11-8-6(7)5-10-3-4-12-8/h1-2,10H,3-5H2. The van der Waals surface area contributed by atoms with Crippen LogP contribution in [0.25, 0.3) is 0 Å². The van der Waals surface area contributed by atoms with Crippen molar-refractivity contribution in [3.63, 3.8) is 0 Å². The Labute approximate surface area is 79.3 Å². The lowest BCUT2D eigenvalue weighted by atomic mass is 10.3. The van der Waals surface area contributed by atoms with Crippen LogP contribution in [0.3, 0.4) is 0 Å². The maximum absolute atomic E-state index is 5.43. The zero-order valence-electron chi connectivity index (χ0n) is 6.51. The molecule has 0 aliphatic carbocycles. The molecule has 0 bridgehead atoms. The van der Waals surface area contributed by atoms with Gasteiger partial charge in [-0.25, -0.2) is 4.98 Å². The molecule has 1 aliphatic heterocycles. The highest BCUT2D eigenvalue weighted by molar-refractivity contribution is 9.10. The molecule has 0 saturated carbocycles. The molecule has 0 amide bonds. The predicted octanol–water partition coefficient (Wildman–Crippen LogP) is 1.33. The van der Waals surface area contributed by atoms with Gasteiger partial charge in [-0.2, -0.15) is 0 Å². The van der Waals surface area contributed by atoms with Gasteiger partial charge in [-0.05, 0) is 6.07 Å². The molecule has 0 unspecified atom stereocenters. The van der Waals surface area contributed by atoms with E-state index in [-0.39, 0.29) is 0 Å². The molecule has 1 aliphatic rings. The Morgan fingerprint density at radius 1 is 1.58 bits per heavy atom. The van der Waals surface area contributed by atoms with Crippen molar-refractivity contribution in [2.45, 2.75) is 6.54 Å². The minimum absolute atomic E-state index is 0.691. The van der Waals surface area contributed by atoms with E-state index in [1.165, 1.54) is 0 Å². The van der Waals surface area contributed by atoms with E-state index in [1.54, 1.807) is 6.20 Å². The number of fused-ring (bicyclic) bond motifs is 1. The van der Waals surface area contributed by atoms with Crippen molar-refractivity contribution >= 4 is 15.9 Å². The lowest BCUT2D eigenvalue weighted by Crippen LogP contribution is -2.16. The van der Waals surface area contributed by atoms with Crippen molar-refractivity contribution < 1.29 is 4.74 Å². The zero-order valence-corrected chi connectivity index (χ0v) is 8.10. The Kier molecular flexibility index (Phi) is 2.28. The summed E-state index contributed by atoms with van der Waals surface area (Å²) in [6, 6.07) is 1.93. The number of halogens is 1. The summed E-state index contributed by atoms with van der Waals surface area (Å²) in [4.78, 5) is 4.15. The number of rotatable bonds is 0. The molecule has 12 heavy (non-hydrogen) atoms. The molecule has 3 nitrogen and oxygen atoms in total. The number of nitrogens with one attached hydrogen (secondary N) is 1. The molecule has 0 atom stereocenters. The van der Waals surface area contributed by atoms with E-state index in [4.69, 9.17) is 4.74 Å². The van der Waals surface area contributed by atoms with Gasteiger partial charge in [0.05, 0.1) is 0 Å². The predicted molar refractivity (Wildman–Crippen MR) is 49.1 cm³/mol. The fourth-order valence-electron chi connectivity index (χ4n) is 1.17. The number of ether oxygens (including phenoxy) is 1. The third kappa shape index (κ3) is 1.44. The third-order valence-electron chi connectivity index (χ3n) is 1.78. The van der Waals surface area contributed by atoms with Crippen LogP contribution < -0.4 is 10.1 Å². The fourth-order valence-corrected chi connectivity index (χ4v) is 1.60. The highest BCUT2D eigenvalue weighted by Crippen LogP contribution is 2.24. The number of hydrogen-bond acceptors (Lipinski definition) is 3. The molecular weight excluding hydrogens is 220 g/mol. The zero-order chi connectivity index (χ0) is 8.39. The summed E-state index contributed by atoms with van der Waals surface area (Å²) in [6.45, 7) is 2.39. The molecule has 1 N–H and O–H groups in total. The van der Waals surface area contributed by atoms with E-state index < -0.39 is 0 Å². The van der Waals surface area contributed by atoms with Gasteiger partial charge in [0.25, 0.3) is 0 Å². The van der Waals surface area contributed by atoms with Crippen LogP contribution in [0.15, 0.2) is 16.7 Å². The van der Waals surface area contributed by atoms with Crippen LogP contribution in [0, 0.1) is 0 Å². The van der Waals surface area contributed by atoms with Crippen LogP contribution in [0.1, 0.15) is 5.56 Å². The molecule has 2 heterocycles. The van der Waals surface area contributed by atoms with Gasteiger partial charge in [0, 0.05) is 29.3 Å². The molecule has 1 aromatic heterocycles. The fraction of sp³-hybridized carbons (Fsp3) is 0.375. The number of aromatic nitrogens is 1. The van der Waals surface area contributed by atoms with E-state index in [9.17, 15) is 0 Å². The Bertz CT molecular complexity index is 290. The number of hydrogen-bond donors (Lipinski definition) is 1. The van der Waals surface area contributed by atoms with Gasteiger partial charge in [-0.3, -0.25) is 0 Å². The summed E-state index contributed by atoms with van der Waals surface area (Å²) >= 11 is 3.46. The molecule has 0 spiro atoms. The maximum atomic E-state index is 5.43. The Balaban J connectivity index is 2.42. The van der Waals surface area contributed by atoms with E-state index in [0.29, 0.717) is 6.61 Å². The summed E-state index contributed by atoms with van der Waals surface area (Å²) in [5.74, 6) is 0.745. The van der Waals surface area contributed by atoms with Crippen LogP contribution in [-0.2, 0) is 6.54 Å². The smallest absolute Gasteiger partial charge is 0.219 e. The molecule has 0 saturated heterocycles. The maximum Gasteiger partial charge on any atom is 0.219 e. The Morgan fingerprint density at radius 3 is 3.42 bits per heavy atom. The normalized spacial score (nSPS) is 16.1. The third-order valence-corrected chi connectivity index (χ3v) is 2.52. The van der Waals surface area contributed by atoms with Crippen molar-refractivity contribution in [3.8, 4) is 5.88 Å². The SMILES string of the molecule is Brc1ccnc2c1CNCCO2. The van der Waals surface area contributed by atoms with Crippen molar-refractivity contribution in [2.75, 3.05) is 13.2 Å². The lowest BCUT2D eigenvalue weighted by Gasteiger charge is -2.05. The first-order valence-electron chi connectivity index (χ1n) is 3.85. The molecule has 1 aromatic rings. The molecular formula is C8H9BrN2O. The van der Waals surface area contributed by atoms with Gasteiger partial charge in [0.2, 0.25) is 5.88 Å². The average Bonchev–Trinajstić information content (AvgIpc) is 2.30. The van der Waals surface area contributed by atoms with Gasteiger partial charge in [-0.15, -0.1) is 0 Å². The Morgan fingerprint density at radius 2 is 2.50 bits per heavy atom. The minimum atomic E-state index is 0.691. The van der Waals surface area contributed by atoms with Gasteiger partial charge in [-0.1, -0.05) is 15.9 Å². The first kappa shape index (κ1) is 8.01. The van der Waals surface area contributed by atoms with Crippen molar-refractivity contribution in [3.05, 3.63) is 22.3 Å². The molecule has 64 valence electrons. The summed E-state index contributed by atoms with van der Waals surface area (Å²) < 4.78 is 6.48. The largest absolute Gasteiger partial charge is 0.476 e. The first-order valence-corrected chi connectivity index (χ1v) is 4.64. The first-order chi connectivity index (χ1) is 5.88. The molecule has 0 fully saturated rings. The number of pyridine rings is 1. The van der Waals surface area contributed by atoms with E-state index in [1.807, 2.05) is 6.07 Å². The van der Waals surface area contributed by atoms with Crippen molar-refractivity contribution in [1.29, 1.82) is 0 Å². The van der Waals surface area contributed by atoms with Gasteiger partial charge >= 0.3 is 0 Å². The van der Waals surface area contributed by atoms with E-state index in [0.717, 1.165) is 29.0 Å². The monoisotopic (exact) mass is 228 g/mol. The molecule has 2 rings (SSSR count). The minimum Gasteiger partial charge on any atom is -0.476 e. The van der Waals surface area contributed by atoms with Crippen molar-refractivity contribution in [1.82, 2.24) is 10.3 Å². The summed E-state index contributed by atoms with van der Waals surface area (Å²) in [6.07, 6.45) is 1.74. The number of nitrogens with zero attached hydrogens (tertiary/aromatic N) is 1. The topological polar surface area (TPSA) is 34.2 Å². The second-order valence-corrected chi connectivity index (χ2v) is 3.46. The quantitative estimate of drug-likeness (QED) is 0.728. The summed E-state index contributed by atoms with van der Waals surface area (Å²) in [7, 11) is 0. The van der Waals surface area contributed by atoms with Crippen LogP contribution in [0.4, 0.5) is 0 Å². The molecule has 4 heteroatoms. The second kappa shape index (κ2) is 3.41. The van der Waals surface area contributed by atoms with Crippen LogP contribution in [-0.4, -0.2) is 18.1 Å². The summed E-state index contributed by atoms with van der Waals surface area (Å²) in [5, 5.41) is 3.25. The van der Waals surface area contributed by atoms with Crippen LogP contribution in [0.5, 0.6) is 5.88 Å². The lowest BCUT2D eigenvalue weighted by molar-refractivity contribution is 0.314. The Hall–Kier alpha value is -0.610. The van der Waals surface area contributed by atoms with Crippen LogP contribution >= 0.6 is 15.9 Å². The van der Waals surface area contributed by atoms with E-state index in [2.05, 4.69) is 26.2 Å². The van der Waals surface area contributed by atoms with Gasteiger partial charge < -0.3 is 10.1 Å². The highest BCUT2D eigenvalue weighted by atomic mass is 79.9. The van der Waals surface area contributed by atoms with Gasteiger partial charge in [0.1, 0.15) is 6.61 Å². The van der Waals surface area contributed by atoms with E-state index >= 15 is 0 Å². The van der Waals surface area contributed by atoms with Crippen LogP contribution in [0.2, 0.25) is 0 Å². The van der Waals surface area contributed by atoms with Crippen molar-refractivity contribution in [2.24, 2.45) is 0 Å².